The van der Waals surface area contributed by atoms with Gasteiger partial charge in [-0.05, 0) is 31.5 Å². The molecule has 15 heavy (non-hydrogen) atoms. The van der Waals surface area contributed by atoms with Gasteiger partial charge >= 0.3 is 0 Å². The first-order valence-electron chi connectivity index (χ1n) is 4.82. The summed E-state index contributed by atoms with van der Waals surface area (Å²) in [7, 11) is 0. The van der Waals surface area contributed by atoms with Gasteiger partial charge in [-0.25, -0.2) is 4.68 Å². The highest BCUT2D eigenvalue weighted by atomic mass is 32.1. The standard InChI is InChI=1S/C9H12N4S2/c10-13-8(14)7(11-12-9(13)15)6-4-2-1-3-5-6/h1-2,6H,3-5,10H2,(H,12,15). The lowest BCUT2D eigenvalue weighted by atomic mass is 9.92. The first kappa shape index (κ1) is 10.5. The molecule has 0 saturated heterocycles. The van der Waals surface area contributed by atoms with E-state index in [1.165, 1.54) is 4.68 Å². The summed E-state index contributed by atoms with van der Waals surface area (Å²) in [5.41, 5.74) is 0.852. The van der Waals surface area contributed by atoms with Crippen molar-refractivity contribution in [2.75, 3.05) is 5.84 Å². The summed E-state index contributed by atoms with van der Waals surface area (Å²) in [5.74, 6) is 6.07. The summed E-state index contributed by atoms with van der Waals surface area (Å²) in [6, 6.07) is 0. The first-order chi connectivity index (χ1) is 7.20. The summed E-state index contributed by atoms with van der Waals surface area (Å²) < 4.78 is 2.21. The molecule has 6 heteroatoms. The van der Waals surface area contributed by atoms with Crippen LogP contribution in [0.25, 0.3) is 0 Å². The van der Waals surface area contributed by atoms with Gasteiger partial charge in [0, 0.05) is 5.92 Å². The lowest BCUT2D eigenvalue weighted by Gasteiger charge is -2.17. The van der Waals surface area contributed by atoms with Crippen molar-refractivity contribution in [3.8, 4) is 0 Å². The van der Waals surface area contributed by atoms with Crippen LogP contribution in [0, 0.1) is 9.41 Å². The maximum Gasteiger partial charge on any atom is 0.213 e. The fraction of sp³-hybridized carbons (Fsp3) is 0.444. The molecule has 0 amide bonds. The van der Waals surface area contributed by atoms with E-state index in [-0.39, 0.29) is 0 Å². The van der Waals surface area contributed by atoms with Gasteiger partial charge in [-0.2, -0.15) is 5.10 Å². The minimum atomic E-state index is 0.357. The van der Waals surface area contributed by atoms with Crippen LogP contribution in [0.5, 0.6) is 0 Å². The molecule has 2 rings (SSSR count). The van der Waals surface area contributed by atoms with Gasteiger partial charge in [-0.1, -0.05) is 24.4 Å². The number of allylic oxidation sites excluding steroid dienone is 2. The number of rotatable bonds is 1. The molecule has 0 fully saturated rings. The molecule has 0 aliphatic heterocycles. The molecule has 3 N–H and O–H groups in total. The molecule has 0 spiro atoms. The van der Waals surface area contributed by atoms with Gasteiger partial charge in [-0.15, -0.1) is 0 Å². The highest BCUT2D eigenvalue weighted by Gasteiger charge is 2.16. The van der Waals surface area contributed by atoms with Crippen molar-refractivity contribution in [3.63, 3.8) is 0 Å². The van der Waals surface area contributed by atoms with E-state index in [4.69, 9.17) is 30.3 Å². The number of hydrogen-bond donors (Lipinski definition) is 2. The van der Waals surface area contributed by atoms with E-state index in [2.05, 4.69) is 22.3 Å². The Morgan fingerprint density at radius 3 is 2.93 bits per heavy atom. The molecule has 4 nitrogen and oxygen atoms in total. The number of nitrogen functional groups attached to an aromatic ring is 1. The number of nitrogens with zero attached hydrogens (tertiary/aromatic N) is 2. The highest BCUT2D eigenvalue weighted by Crippen LogP contribution is 2.27. The van der Waals surface area contributed by atoms with E-state index >= 15 is 0 Å². The Labute approximate surface area is 97.8 Å². The average molecular weight is 240 g/mol. The molecule has 0 radical (unpaired) electrons. The number of H-pyrrole nitrogens is 1. The van der Waals surface area contributed by atoms with Crippen LogP contribution in [-0.2, 0) is 0 Å². The van der Waals surface area contributed by atoms with Gasteiger partial charge < -0.3 is 5.84 Å². The van der Waals surface area contributed by atoms with Crippen molar-refractivity contribution in [1.82, 2.24) is 14.9 Å². The Balaban J connectivity index is 2.45. The number of aromatic amines is 1. The van der Waals surface area contributed by atoms with Gasteiger partial charge in [0.05, 0.1) is 0 Å². The molecule has 0 saturated carbocycles. The molecule has 1 unspecified atom stereocenters. The molecule has 1 atom stereocenters. The van der Waals surface area contributed by atoms with Crippen molar-refractivity contribution in [2.24, 2.45) is 0 Å². The zero-order chi connectivity index (χ0) is 10.8. The zero-order valence-electron chi connectivity index (χ0n) is 8.14. The second-order valence-electron chi connectivity index (χ2n) is 3.57. The van der Waals surface area contributed by atoms with Crippen LogP contribution in [0.15, 0.2) is 12.2 Å². The first-order valence-corrected chi connectivity index (χ1v) is 5.63. The summed E-state index contributed by atoms with van der Waals surface area (Å²) in [6.07, 6.45) is 7.45. The van der Waals surface area contributed by atoms with Gasteiger partial charge in [0.15, 0.2) is 4.64 Å². The summed E-state index contributed by atoms with van der Waals surface area (Å²) in [6.45, 7) is 0. The van der Waals surface area contributed by atoms with Crippen LogP contribution in [0.4, 0.5) is 0 Å². The van der Waals surface area contributed by atoms with Crippen molar-refractivity contribution < 1.29 is 0 Å². The Morgan fingerprint density at radius 1 is 1.47 bits per heavy atom. The quantitative estimate of drug-likeness (QED) is 0.449. The Kier molecular flexibility index (Phi) is 2.97. The minimum Gasteiger partial charge on any atom is -0.336 e. The lowest BCUT2D eigenvalue weighted by Crippen LogP contribution is -2.18. The molecule has 1 aromatic rings. The topological polar surface area (TPSA) is 59.6 Å². The normalized spacial score (nSPS) is 20.4. The SMILES string of the molecule is Nn1c(=S)[nH]nc(C2CC=CCC2)c1=S. The predicted molar refractivity (Wildman–Crippen MR) is 64.1 cm³/mol. The summed E-state index contributed by atoms with van der Waals surface area (Å²) in [5, 5.41) is 6.91. The summed E-state index contributed by atoms with van der Waals surface area (Å²) >= 11 is 10.2. The molecule has 0 bridgehead atoms. The number of aromatic nitrogens is 3. The fourth-order valence-electron chi connectivity index (χ4n) is 1.73. The van der Waals surface area contributed by atoms with Crippen molar-refractivity contribution in [1.29, 1.82) is 0 Å². The Bertz CT molecular complexity index is 500. The lowest BCUT2D eigenvalue weighted by molar-refractivity contribution is 0.576. The molecule has 1 aliphatic carbocycles. The van der Waals surface area contributed by atoms with E-state index in [1.54, 1.807) is 0 Å². The van der Waals surface area contributed by atoms with Gasteiger partial charge in [-0.3, -0.25) is 5.10 Å². The average Bonchev–Trinajstić information content (AvgIpc) is 2.27. The second kappa shape index (κ2) is 4.24. The third-order valence-corrected chi connectivity index (χ3v) is 3.28. The molecular formula is C9H12N4S2. The minimum absolute atomic E-state index is 0.357. The third-order valence-electron chi connectivity index (χ3n) is 2.58. The van der Waals surface area contributed by atoms with Crippen LogP contribution in [-0.4, -0.2) is 14.9 Å². The smallest absolute Gasteiger partial charge is 0.213 e. The monoisotopic (exact) mass is 240 g/mol. The predicted octanol–water partition coefficient (Wildman–Crippen LogP) is 2.21. The fourth-order valence-corrected chi connectivity index (χ4v) is 2.23. The molecule has 1 heterocycles. The largest absolute Gasteiger partial charge is 0.336 e. The van der Waals surface area contributed by atoms with E-state index in [9.17, 15) is 0 Å². The Hall–Kier alpha value is -1.01. The maximum absolute atomic E-state index is 5.71. The van der Waals surface area contributed by atoms with E-state index < -0.39 is 0 Å². The van der Waals surface area contributed by atoms with Crippen LogP contribution < -0.4 is 5.84 Å². The second-order valence-corrected chi connectivity index (χ2v) is 4.34. The van der Waals surface area contributed by atoms with Gasteiger partial charge in [0.25, 0.3) is 0 Å². The summed E-state index contributed by atoms with van der Waals surface area (Å²) in [4.78, 5) is 0. The zero-order valence-corrected chi connectivity index (χ0v) is 9.77. The van der Waals surface area contributed by atoms with Crippen LogP contribution in [0.3, 0.4) is 0 Å². The number of hydrogen-bond acceptors (Lipinski definition) is 4. The Morgan fingerprint density at radius 2 is 2.27 bits per heavy atom. The van der Waals surface area contributed by atoms with E-state index in [1.807, 2.05) is 0 Å². The van der Waals surface area contributed by atoms with Crippen LogP contribution in [0.2, 0.25) is 0 Å². The third kappa shape index (κ3) is 2.00. The molecule has 1 aliphatic rings. The van der Waals surface area contributed by atoms with E-state index in [0.717, 1.165) is 25.0 Å². The molecule has 0 aromatic carbocycles. The maximum atomic E-state index is 5.71. The van der Waals surface area contributed by atoms with Crippen molar-refractivity contribution in [2.45, 2.75) is 25.2 Å². The van der Waals surface area contributed by atoms with Crippen LogP contribution >= 0.6 is 24.4 Å². The van der Waals surface area contributed by atoms with Gasteiger partial charge in [0.2, 0.25) is 4.77 Å². The van der Waals surface area contributed by atoms with Crippen molar-refractivity contribution in [3.05, 3.63) is 27.3 Å². The molecular weight excluding hydrogens is 228 g/mol. The van der Waals surface area contributed by atoms with E-state index in [0.29, 0.717) is 15.3 Å². The van der Waals surface area contributed by atoms with Gasteiger partial charge in [0.1, 0.15) is 5.69 Å². The van der Waals surface area contributed by atoms with Crippen molar-refractivity contribution >= 4 is 24.4 Å². The number of nitrogens with one attached hydrogen (secondary N) is 1. The molecule has 1 aromatic heterocycles. The highest BCUT2D eigenvalue weighted by molar-refractivity contribution is 7.72. The van der Waals surface area contributed by atoms with Crippen LogP contribution in [0.1, 0.15) is 30.9 Å². The number of nitrogens with two attached hydrogens (primary N) is 1. The molecule has 80 valence electrons.